The molecule has 0 bridgehead atoms. The maximum Gasteiger partial charge on any atom is 0.0408 e. The van der Waals surface area contributed by atoms with Gasteiger partial charge < -0.3 is 5.32 Å². The van der Waals surface area contributed by atoms with Crippen LogP contribution in [0.5, 0.6) is 0 Å². The van der Waals surface area contributed by atoms with Crippen LogP contribution in [0.1, 0.15) is 43.7 Å². The molecule has 19 heavy (non-hydrogen) atoms. The number of benzene rings is 1. The van der Waals surface area contributed by atoms with E-state index >= 15 is 0 Å². The third-order valence-electron chi connectivity index (χ3n) is 4.84. The van der Waals surface area contributed by atoms with Gasteiger partial charge in [-0.15, -0.1) is 0 Å². The summed E-state index contributed by atoms with van der Waals surface area (Å²) in [6.45, 7) is 3.61. The van der Waals surface area contributed by atoms with Crippen molar-refractivity contribution in [3.63, 3.8) is 0 Å². The largest absolute Gasteiger partial charge is 0.313 e. The van der Waals surface area contributed by atoms with Crippen molar-refractivity contribution >= 4 is 11.6 Å². The first-order valence-electron chi connectivity index (χ1n) is 7.71. The Hall–Kier alpha value is -0.530. The van der Waals surface area contributed by atoms with E-state index in [-0.39, 0.29) is 0 Å². The highest BCUT2D eigenvalue weighted by molar-refractivity contribution is 6.30. The zero-order valence-electron chi connectivity index (χ0n) is 11.8. The van der Waals surface area contributed by atoms with Gasteiger partial charge in [0.05, 0.1) is 0 Å². The monoisotopic (exact) mass is 277 g/mol. The lowest BCUT2D eigenvalue weighted by molar-refractivity contribution is 0.267. The van der Waals surface area contributed by atoms with Crippen LogP contribution in [-0.4, -0.2) is 12.6 Å². The lowest BCUT2D eigenvalue weighted by Gasteiger charge is -2.28. The van der Waals surface area contributed by atoms with Crippen LogP contribution >= 0.6 is 11.6 Å². The molecule has 0 aliphatic heterocycles. The molecule has 0 amide bonds. The van der Waals surface area contributed by atoms with Gasteiger partial charge in [0.15, 0.2) is 0 Å². The topological polar surface area (TPSA) is 12.0 Å². The molecule has 2 aliphatic rings. The van der Waals surface area contributed by atoms with Crippen LogP contribution in [0.3, 0.4) is 0 Å². The Kier molecular flexibility index (Phi) is 4.14. The molecule has 0 aromatic heterocycles. The molecule has 1 saturated carbocycles. The van der Waals surface area contributed by atoms with E-state index in [1.807, 2.05) is 6.07 Å². The number of rotatable bonds is 3. The maximum absolute atomic E-state index is 6.07. The van der Waals surface area contributed by atoms with E-state index in [0.717, 1.165) is 23.3 Å². The molecule has 1 aromatic rings. The summed E-state index contributed by atoms with van der Waals surface area (Å²) < 4.78 is 0. The SMILES string of the molecule is CC1CCCC(CNC2Cc3ccc(Cl)cc3C2)C1. The highest BCUT2D eigenvalue weighted by Gasteiger charge is 2.23. The summed E-state index contributed by atoms with van der Waals surface area (Å²) in [5.74, 6) is 1.83. The quantitative estimate of drug-likeness (QED) is 0.872. The fourth-order valence-corrected chi connectivity index (χ4v) is 4.00. The van der Waals surface area contributed by atoms with Crippen LogP contribution in [0.25, 0.3) is 0 Å². The van der Waals surface area contributed by atoms with E-state index in [1.165, 1.54) is 49.8 Å². The Morgan fingerprint density at radius 3 is 2.89 bits per heavy atom. The van der Waals surface area contributed by atoms with Gasteiger partial charge in [-0.05, 0) is 67.3 Å². The average molecular weight is 278 g/mol. The Morgan fingerprint density at radius 2 is 2.05 bits per heavy atom. The van der Waals surface area contributed by atoms with Gasteiger partial charge in [-0.3, -0.25) is 0 Å². The Labute approximate surface area is 121 Å². The third-order valence-corrected chi connectivity index (χ3v) is 5.08. The summed E-state index contributed by atoms with van der Waals surface area (Å²) >= 11 is 6.07. The second-order valence-corrected chi connectivity index (χ2v) is 7.00. The first-order chi connectivity index (χ1) is 9.20. The normalized spacial score (nSPS) is 30.3. The molecule has 2 heteroatoms. The zero-order valence-corrected chi connectivity index (χ0v) is 12.5. The molecule has 0 saturated heterocycles. The van der Waals surface area contributed by atoms with Crippen LogP contribution in [-0.2, 0) is 12.8 Å². The second kappa shape index (κ2) is 5.85. The van der Waals surface area contributed by atoms with E-state index in [0.29, 0.717) is 6.04 Å². The molecule has 1 nitrogen and oxygen atoms in total. The number of nitrogens with one attached hydrogen (secondary N) is 1. The molecule has 0 spiro atoms. The van der Waals surface area contributed by atoms with Gasteiger partial charge >= 0.3 is 0 Å². The highest BCUT2D eigenvalue weighted by atomic mass is 35.5. The van der Waals surface area contributed by atoms with E-state index in [9.17, 15) is 0 Å². The first-order valence-corrected chi connectivity index (χ1v) is 8.09. The van der Waals surface area contributed by atoms with E-state index < -0.39 is 0 Å². The van der Waals surface area contributed by atoms with Crippen molar-refractivity contribution in [1.82, 2.24) is 5.32 Å². The maximum atomic E-state index is 6.07. The first kappa shape index (κ1) is 13.5. The molecule has 1 aromatic carbocycles. The summed E-state index contributed by atoms with van der Waals surface area (Å²) in [6, 6.07) is 6.99. The van der Waals surface area contributed by atoms with E-state index in [2.05, 4.69) is 24.4 Å². The molecule has 0 radical (unpaired) electrons. The molecular formula is C17H24ClN. The molecule has 2 aliphatic carbocycles. The van der Waals surface area contributed by atoms with Gasteiger partial charge in [0, 0.05) is 11.1 Å². The van der Waals surface area contributed by atoms with Crippen molar-refractivity contribution in [3.8, 4) is 0 Å². The molecule has 0 heterocycles. The molecular weight excluding hydrogens is 254 g/mol. The van der Waals surface area contributed by atoms with Crippen LogP contribution in [0, 0.1) is 11.8 Å². The average Bonchev–Trinajstić information content (AvgIpc) is 2.78. The van der Waals surface area contributed by atoms with Crippen molar-refractivity contribution < 1.29 is 0 Å². The fraction of sp³-hybridized carbons (Fsp3) is 0.647. The van der Waals surface area contributed by atoms with Crippen molar-refractivity contribution in [2.45, 2.75) is 51.5 Å². The summed E-state index contributed by atoms with van der Waals surface area (Å²) in [5.41, 5.74) is 2.93. The zero-order chi connectivity index (χ0) is 13.2. The molecule has 1 N–H and O–H groups in total. The van der Waals surface area contributed by atoms with Crippen LogP contribution in [0.2, 0.25) is 5.02 Å². The van der Waals surface area contributed by atoms with Crippen molar-refractivity contribution in [2.75, 3.05) is 6.54 Å². The van der Waals surface area contributed by atoms with Crippen molar-refractivity contribution in [1.29, 1.82) is 0 Å². The van der Waals surface area contributed by atoms with Crippen LogP contribution in [0.4, 0.5) is 0 Å². The molecule has 1 fully saturated rings. The number of halogens is 1. The molecule has 104 valence electrons. The lowest BCUT2D eigenvalue weighted by atomic mass is 9.82. The van der Waals surface area contributed by atoms with Crippen LogP contribution < -0.4 is 5.32 Å². The fourth-order valence-electron chi connectivity index (χ4n) is 3.81. The third kappa shape index (κ3) is 3.32. The van der Waals surface area contributed by atoms with Crippen LogP contribution in [0.15, 0.2) is 18.2 Å². The highest BCUT2D eigenvalue weighted by Crippen LogP contribution is 2.29. The summed E-state index contributed by atoms with van der Waals surface area (Å²) in [6.07, 6.45) is 8.02. The Morgan fingerprint density at radius 1 is 1.21 bits per heavy atom. The van der Waals surface area contributed by atoms with Crippen molar-refractivity contribution in [3.05, 3.63) is 34.3 Å². The van der Waals surface area contributed by atoms with Crippen molar-refractivity contribution in [2.24, 2.45) is 11.8 Å². The molecule has 3 atom stereocenters. The summed E-state index contributed by atoms with van der Waals surface area (Å²) in [5, 5.41) is 4.67. The van der Waals surface area contributed by atoms with E-state index in [1.54, 1.807) is 0 Å². The number of hydrogen-bond donors (Lipinski definition) is 1. The summed E-state index contributed by atoms with van der Waals surface area (Å²) in [7, 11) is 0. The van der Waals surface area contributed by atoms with Gasteiger partial charge in [-0.2, -0.15) is 0 Å². The number of fused-ring (bicyclic) bond motifs is 1. The van der Waals surface area contributed by atoms with Gasteiger partial charge in [0.2, 0.25) is 0 Å². The summed E-state index contributed by atoms with van der Waals surface area (Å²) in [4.78, 5) is 0. The molecule has 3 rings (SSSR count). The Balaban J connectivity index is 1.50. The minimum atomic E-state index is 0.630. The van der Waals surface area contributed by atoms with Gasteiger partial charge in [0.1, 0.15) is 0 Å². The molecule has 3 unspecified atom stereocenters. The predicted molar refractivity (Wildman–Crippen MR) is 81.8 cm³/mol. The van der Waals surface area contributed by atoms with Gasteiger partial charge in [-0.25, -0.2) is 0 Å². The van der Waals surface area contributed by atoms with Gasteiger partial charge in [0.25, 0.3) is 0 Å². The smallest absolute Gasteiger partial charge is 0.0408 e. The lowest BCUT2D eigenvalue weighted by Crippen LogP contribution is -2.35. The second-order valence-electron chi connectivity index (χ2n) is 6.56. The Bertz CT molecular complexity index is 443. The number of hydrogen-bond acceptors (Lipinski definition) is 1. The van der Waals surface area contributed by atoms with Gasteiger partial charge in [-0.1, -0.05) is 37.4 Å². The minimum absolute atomic E-state index is 0.630. The minimum Gasteiger partial charge on any atom is -0.313 e. The van der Waals surface area contributed by atoms with E-state index in [4.69, 9.17) is 11.6 Å². The standard InChI is InChI=1S/C17H24ClN/c1-12-3-2-4-13(7-12)11-19-17-9-14-5-6-16(18)8-15(14)10-17/h5-6,8,12-13,17,19H,2-4,7,9-11H2,1H3. The predicted octanol–water partition coefficient (Wildman–Crippen LogP) is 4.22.